The molecule has 0 saturated carbocycles. The first-order valence-corrected chi connectivity index (χ1v) is 6.98. The van der Waals surface area contributed by atoms with Gasteiger partial charge in [-0.3, -0.25) is 4.79 Å². The summed E-state index contributed by atoms with van der Waals surface area (Å²) in [6.07, 6.45) is 1.46. The number of carbonyl (C=O) groups is 1. The Bertz CT molecular complexity index is 585. The Labute approximate surface area is 123 Å². The summed E-state index contributed by atoms with van der Waals surface area (Å²) in [5.41, 5.74) is 1.16. The van der Waals surface area contributed by atoms with Crippen molar-refractivity contribution in [2.24, 2.45) is 0 Å². The zero-order valence-electron chi connectivity index (χ0n) is 12.0. The van der Waals surface area contributed by atoms with Crippen molar-refractivity contribution in [1.82, 2.24) is 30.0 Å². The van der Waals surface area contributed by atoms with E-state index in [1.807, 2.05) is 23.1 Å². The van der Waals surface area contributed by atoms with E-state index in [1.165, 1.54) is 11.0 Å². The van der Waals surface area contributed by atoms with Crippen LogP contribution in [-0.2, 0) is 11.3 Å². The Hall–Kier alpha value is -2.28. The summed E-state index contributed by atoms with van der Waals surface area (Å²) in [6.45, 7) is 2.62. The van der Waals surface area contributed by atoms with Crippen LogP contribution in [0.1, 0.15) is 11.6 Å². The van der Waals surface area contributed by atoms with Gasteiger partial charge in [0.15, 0.2) is 0 Å². The second-order valence-corrected chi connectivity index (χ2v) is 5.28. The maximum atomic E-state index is 12.5. The number of benzene rings is 1. The number of amides is 1. The number of piperazine rings is 1. The van der Waals surface area contributed by atoms with Crippen LogP contribution < -0.4 is 0 Å². The van der Waals surface area contributed by atoms with Crippen molar-refractivity contribution >= 4 is 5.91 Å². The second kappa shape index (κ2) is 6.01. The molecule has 0 aliphatic carbocycles. The summed E-state index contributed by atoms with van der Waals surface area (Å²) in [5, 5.41) is 10.9. The fourth-order valence-electron chi connectivity index (χ4n) is 2.66. The summed E-state index contributed by atoms with van der Waals surface area (Å²) in [7, 11) is 2.08. The predicted molar refractivity (Wildman–Crippen MR) is 76.2 cm³/mol. The molecule has 0 bridgehead atoms. The van der Waals surface area contributed by atoms with Crippen molar-refractivity contribution in [2.45, 2.75) is 12.6 Å². The minimum atomic E-state index is 0.0456. The van der Waals surface area contributed by atoms with Crippen LogP contribution in [0.4, 0.5) is 0 Å². The van der Waals surface area contributed by atoms with E-state index in [2.05, 4.69) is 39.6 Å². The van der Waals surface area contributed by atoms with Gasteiger partial charge >= 0.3 is 0 Å². The molecule has 1 aromatic heterocycles. The molecule has 1 fully saturated rings. The molecule has 7 nitrogen and oxygen atoms in total. The van der Waals surface area contributed by atoms with Gasteiger partial charge in [0.1, 0.15) is 12.9 Å². The number of carbonyl (C=O) groups excluding carboxylic acids is 1. The SMILES string of the molecule is CN1CCN(C(=O)Cn2cnnn2)C(c2ccccc2)C1. The molecule has 1 atom stereocenters. The summed E-state index contributed by atoms with van der Waals surface area (Å²) in [6, 6.07) is 10.2. The van der Waals surface area contributed by atoms with Gasteiger partial charge in [-0.15, -0.1) is 5.10 Å². The van der Waals surface area contributed by atoms with Gasteiger partial charge in [0.05, 0.1) is 6.04 Å². The molecule has 110 valence electrons. The Kier molecular flexibility index (Phi) is 3.92. The minimum Gasteiger partial charge on any atom is -0.331 e. The van der Waals surface area contributed by atoms with E-state index in [1.54, 1.807) is 0 Å². The topological polar surface area (TPSA) is 67.2 Å². The van der Waals surface area contributed by atoms with Gasteiger partial charge in [-0.05, 0) is 23.0 Å². The standard InChI is InChI=1S/C14H18N6O/c1-18-7-8-20(14(21)10-19-11-15-16-17-19)13(9-18)12-5-3-2-4-6-12/h2-6,11,13H,7-10H2,1H3. The molecule has 0 N–H and O–H groups in total. The average Bonchev–Trinajstić information content (AvgIpc) is 3.01. The maximum absolute atomic E-state index is 12.5. The molecule has 2 aromatic rings. The Morgan fingerprint density at radius 2 is 2.10 bits per heavy atom. The van der Waals surface area contributed by atoms with E-state index in [9.17, 15) is 4.79 Å². The van der Waals surface area contributed by atoms with E-state index in [4.69, 9.17) is 0 Å². The molecule has 1 amide bonds. The number of nitrogens with zero attached hydrogens (tertiary/aromatic N) is 6. The van der Waals surface area contributed by atoms with Gasteiger partial charge in [-0.2, -0.15) is 0 Å². The van der Waals surface area contributed by atoms with E-state index in [0.717, 1.165) is 25.2 Å². The van der Waals surface area contributed by atoms with Crippen LogP contribution in [0.25, 0.3) is 0 Å². The third kappa shape index (κ3) is 3.08. The van der Waals surface area contributed by atoms with Gasteiger partial charge in [-0.1, -0.05) is 30.3 Å². The van der Waals surface area contributed by atoms with Crippen LogP contribution in [0.5, 0.6) is 0 Å². The van der Waals surface area contributed by atoms with Crippen molar-refractivity contribution in [3.8, 4) is 0 Å². The third-order valence-electron chi connectivity index (χ3n) is 3.78. The number of likely N-dealkylation sites (N-methyl/N-ethyl adjacent to an activating group) is 1. The fraction of sp³-hybridized carbons (Fsp3) is 0.429. The van der Waals surface area contributed by atoms with Gasteiger partial charge in [0.25, 0.3) is 0 Å². The Morgan fingerprint density at radius 3 is 2.81 bits per heavy atom. The number of rotatable bonds is 3. The van der Waals surface area contributed by atoms with Gasteiger partial charge in [0.2, 0.25) is 5.91 Å². The predicted octanol–water partition coefficient (Wildman–Crippen LogP) is 0.188. The molecule has 1 unspecified atom stereocenters. The fourth-order valence-corrected chi connectivity index (χ4v) is 2.66. The number of tetrazole rings is 1. The number of aromatic nitrogens is 4. The monoisotopic (exact) mass is 286 g/mol. The molecule has 7 heteroatoms. The lowest BCUT2D eigenvalue weighted by Crippen LogP contribution is -2.50. The van der Waals surface area contributed by atoms with E-state index in [0.29, 0.717) is 0 Å². The van der Waals surface area contributed by atoms with Crippen molar-refractivity contribution in [3.63, 3.8) is 0 Å². The maximum Gasteiger partial charge on any atom is 0.245 e. The molecular formula is C14H18N6O. The third-order valence-corrected chi connectivity index (χ3v) is 3.78. The minimum absolute atomic E-state index is 0.0456. The van der Waals surface area contributed by atoms with Crippen LogP contribution in [0.15, 0.2) is 36.7 Å². The first kappa shape index (κ1) is 13.7. The molecule has 3 rings (SSSR count). The van der Waals surface area contributed by atoms with Crippen molar-refractivity contribution in [1.29, 1.82) is 0 Å². The highest BCUT2D eigenvalue weighted by Crippen LogP contribution is 2.25. The largest absolute Gasteiger partial charge is 0.331 e. The molecule has 0 spiro atoms. The van der Waals surface area contributed by atoms with Crippen LogP contribution in [-0.4, -0.2) is 62.6 Å². The van der Waals surface area contributed by atoms with Crippen LogP contribution in [0.2, 0.25) is 0 Å². The highest BCUT2D eigenvalue weighted by molar-refractivity contribution is 5.76. The van der Waals surface area contributed by atoms with Gasteiger partial charge in [-0.25, -0.2) is 4.68 Å². The highest BCUT2D eigenvalue weighted by Gasteiger charge is 2.30. The second-order valence-electron chi connectivity index (χ2n) is 5.28. The van der Waals surface area contributed by atoms with E-state index < -0.39 is 0 Å². The Morgan fingerprint density at radius 1 is 1.29 bits per heavy atom. The summed E-state index contributed by atoms with van der Waals surface area (Å²) in [5.74, 6) is 0.0456. The molecule has 21 heavy (non-hydrogen) atoms. The van der Waals surface area contributed by atoms with Crippen molar-refractivity contribution in [3.05, 3.63) is 42.2 Å². The quantitative estimate of drug-likeness (QED) is 0.805. The smallest absolute Gasteiger partial charge is 0.245 e. The lowest BCUT2D eigenvalue weighted by Gasteiger charge is -2.40. The lowest BCUT2D eigenvalue weighted by molar-refractivity contribution is -0.137. The van der Waals surface area contributed by atoms with E-state index >= 15 is 0 Å². The lowest BCUT2D eigenvalue weighted by atomic mass is 10.0. The molecule has 1 aromatic carbocycles. The zero-order chi connectivity index (χ0) is 14.7. The van der Waals surface area contributed by atoms with E-state index in [-0.39, 0.29) is 18.5 Å². The first-order chi connectivity index (χ1) is 10.2. The van der Waals surface area contributed by atoms with Gasteiger partial charge < -0.3 is 9.80 Å². The molecule has 2 heterocycles. The van der Waals surface area contributed by atoms with Crippen LogP contribution in [0.3, 0.4) is 0 Å². The van der Waals surface area contributed by atoms with Crippen molar-refractivity contribution in [2.75, 3.05) is 26.7 Å². The van der Waals surface area contributed by atoms with Crippen LogP contribution in [0, 0.1) is 0 Å². The molecule has 0 radical (unpaired) electrons. The summed E-state index contributed by atoms with van der Waals surface area (Å²) < 4.78 is 1.46. The van der Waals surface area contributed by atoms with Crippen molar-refractivity contribution < 1.29 is 4.79 Å². The normalized spacial score (nSPS) is 19.7. The number of hydrogen-bond acceptors (Lipinski definition) is 5. The molecule has 1 aliphatic heterocycles. The summed E-state index contributed by atoms with van der Waals surface area (Å²) in [4.78, 5) is 16.7. The summed E-state index contributed by atoms with van der Waals surface area (Å²) >= 11 is 0. The molecule has 1 saturated heterocycles. The zero-order valence-corrected chi connectivity index (χ0v) is 12.0. The average molecular weight is 286 g/mol. The molecule has 1 aliphatic rings. The number of hydrogen-bond donors (Lipinski definition) is 0. The van der Waals surface area contributed by atoms with Crippen LogP contribution >= 0.6 is 0 Å². The first-order valence-electron chi connectivity index (χ1n) is 6.98. The highest BCUT2D eigenvalue weighted by atomic mass is 16.2. The Balaban J connectivity index is 1.79. The molecular weight excluding hydrogens is 268 g/mol. The van der Waals surface area contributed by atoms with Gasteiger partial charge in [0, 0.05) is 19.6 Å².